The van der Waals surface area contributed by atoms with Crippen molar-refractivity contribution in [3.05, 3.63) is 11.9 Å². The maximum absolute atomic E-state index is 11.8. The number of nitrogens with zero attached hydrogens (tertiary/aromatic N) is 3. The van der Waals surface area contributed by atoms with Gasteiger partial charge in [0, 0.05) is 39.7 Å². The third-order valence-corrected chi connectivity index (χ3v) is 4.29. The van der Waals surface area contributed by atoms with Gasteiger partial charge in [-0.25, -0.2) is 9.97 Å². The number of hydrogen-bond acceptors (Lipinski definition) is 5. The lowest BCUT2D eigenvalue weighted by Gasteiger charge is -2.14. The maximum atomic E-state index is 11.8. The topological polar surface area (TPSA) is 70.2 Å². The monoisotopic (exact) mass is 319 g/mol. The standard InChI is InChI=1S/C17H29N5O/c1-13-20-15(12-16(21-13)22(2)3)18-10-11-19-17(23)9-8-14-6-4-5-7-14/h12,14H,4-11H2,1-3H3,(H,19,23)(H,18,20,21). The number of aryl methyl sites for hydroxylation is 1. The lowest BCUT2D eigenvalue weighted by molar-refractivity contribution is -0.121. The fraction of sp³-hybridized carbons (Fsp3) is 0.706. The minimum atomic E-state index is 0.159. The van der Waals surface area contributed by atoms with E-state index in [0.717, 1.165) is 29.8 Å². The molecule has 2 rings (SSSR count). The van der Waals surface area contributed by atoms with Crippen LogP contribution in [-0.4, -0.2) is 43.1 Å². The van der Waals surface area contributed by atoms with E-state index in [4.69, 9.17) is 0 Å². The van der Waals surface area contributed by atoms with Crippen molar-refractivity contribution in [1.82, 2.24) is 15.3 Å². The van der Waals surface area contributed by atoms with Gasteiger partial charge in [-0.1, -0.05) is 25.7 Å². The summed E-state index contributed by atoms with van der Waals surface area (Å²) in [6.45, 7) is 3.16. The number of carbonyl (C=O) groups excluding carboxylic acids is 1. The Hall–Kier alpha value is -1.85. The SMILES string of the molecule is Cc1nc(NCCNC(=O)CCC2CCCC2)cc(N(C)C)n1. The van der Waals surface area contributed by atoms with Crippen molar-refractivity contribution >= 4 is 17.5 Å². The number of hydrogen-bond donors (Lipinski definition) is 2. The van der Waals surface area contributed by atoms with E-state index in [-0.39, 0.29) is 5.91 Å². The molecule has 0 spiro atoms. The molecule has 1 amide bonds. The predicted octanol–water partition coefficient (Wildman–Crippen LogP) is 2.35. The van der Waals surface area contributed by atoms with E-state index in [9.17, 15) is 4.79 Å². The highest BCUT2D eigenvalue weighted by Crippen LogP contribution is 2.28. The second kappa shape index (κ2) is 8.70. The summed E-state index contributed by atoms with van der Waals surface area (Å²) in [5.74, 6) is 3.33. The quantitative estimate of drug-likeness (QED) is 0.720. The van der Waals surface area contributed by atoms with Gasteiger partial charge in [-0.05, 0) is 19.3 Å². The van der Waals surface area contributed by atoms with Crippen molar-refractivity contribution in [2.45, 2.75) is 45.4 Å². The second-order valence-corrected chi connectivity index (χ2v) is 6.52. The Morgan fingerprint density at radius 2 is 2.00 bits per heavy atom. The molecule has 2 N–H and O–H groups in total. The lowest BCUT2D eigenvalue weighted by atomic mass is 10.0. The molecule has 23 heavy (non-hydrogen) atoms. The number of amides is 1. The van der Waals surface area contributed by atoms with Crippen molar-refractivity contribution < 1.29 is 4.79 Å². The van der Waals surface area contributed by atoms with Gasteiger partial charge >= 0.3 is 0 Å². The minimum Gasteiger partial charge on any atom is -0.368 e. The smallest absolute Gasteiger partial charge is 0.220 e. The number of carbonyl (C=O) groups is 1. The summed E-state index contributed by atoms with van der Waals surface area (Å²) < 4.78 is 0. The molecule has 0 bridgehead atoms. The molecule has 1 fully saturated rings. The number of anilines is 2. The summed E-state index contributed by atoms with van der Waals surface area (Å²) in [6.07, 6.45) is 6.97. The molecule has 1 saturated carbocycles. The maximum Gasteiger partial charge on any atom is 0.220 e. The van der Waals surface area contributed by atoms with Crippen LogP contribution >= 0.6 is 0 Å². The predicted molar refractivity (Wildman–Crippen MR) is 93.8 cm³/mol. The highest BCUT2D eigenvalue weighted by atomic mass is 16.1. The van der Waals surface area contributed by atoms with Crippen molar-refractivity contribution in [3.63, 3.8) is 0 Å². The van der Waals surface area contributed by atoms with Crippen molar-refractivity contribution in [3.8, 4) is 0 Å². The molecule has 1 aromatic rings. The zero-order valence-electron chi connectivity index (χ0n) is 14.6. The molecule has 1 aliphatic carbocycles. The summed E-state index contributed by atoms with van der Waals surface area (Å²) in [5.41, 5.74) is 0. The van der Waals surface area contributed by atoms with E-state index in [1.165, 1.54) is 25.7 Å². The van der Waals surface area contributed by atoms with Gasteiger partial charge in [0.25, 0.3) is 0 Å². The zero-order chi connectivity index (χ0) is 16.7. The summed E-state index contributed by atoms with van der Waals surface area (Å²) in [7, 11) is 3.91. The molecule has 1 heterocycles. The summed E-state index contributed by atoms with van der Waals surface area (Å²) in [4.78, 5) is 22.5. The van der Waals surface area contributed by atoms with Gasteiger partial charge in [0.15, 0.2) is 0 Å². The van der Waals surface area contributed by atoms with E-state index in [1.54, 1.807) is 0 Å². The molecule has 6 heteroatoms. The van der Waals surface area contributed by atoms with Crippen molar-refractivity contribution in [1.29, 1.82) is 0 Å². The van der Waals surface area contributed by atoms with Crippen LogP contribution in [0, 0.1) is 12.8 Å². The van der Waals surface area contributed by atoms with Crippen LogP contribution in [0.4, 0.5) is 11.6 Å². The molecule has 1 aliphatic rings. The molecule has 0 atom stereocenters. The molecule has 6 nitrogen and oxygen atoms in total. The third kappa shape index (κ3) is 6.04. The molecule has 0 aliphatic heterocycles. The second-order valence-electron chi connectivity index (χ2n) is 6.52. The Bertz CT molecular complexity index is 512. The first-order valence-corrected chi connectivity index (χ1v) is 8.58. The van der Waals surface area contributed by atoms with Gasteiger partial charge in [0.1, 0.15) is 17.5 Å². The Morgan fingerprint density at radius 1 is 1.26 bits per heavy atom. The van der Waals surface area contributed by atoms with Gasteiger partial charge in [0.2, 0.25) is 5.91 Å². The average Bonchev–Trinajstić information content (AvgIpc) is 3.02. The average molecular weight is 319 g/mol. The first-order valence-electron chi connectivity index (χ1n) is 8.58. The summed E-state index contributed by atoms with van der Waals surface area (Å²) in [6, 6.07) is 1.91. The third-order valence-electron chi connectivity index (χ3n) is 4.29. The molecule has 0 aromatic carbocycles. The largest absolute Gasteiger partial charge is 0.368 e. The van der Waals surface area contributed by atoms with Gasteiger partial charge < -0.3 is 15.5 Å². The van der Waals surface area contributed by atoms with E-state index in [1.807, 2.05) is 32.0 Å². The molecular formula is C17H29N5O. The van der Waals surface area contributed by atoms with E-state index < -0.39 is 0 Å². The summed E-state index contributed by atoms with van der Waals surface area (Å²) in [5, 5.41) is 6.21. The summed E-state index contributed by atoms with van der Waals surface area (Å²) >= 11 is 0. The molecule has 128 valence electrons. The fourth-order valence-electron chi connectivity index (χ4n) is 2.99. The van der Waals surface area contributed by atoms with Gasteiger partial charge in [-0.2, -0.15) is 0 Å². The van der Waals surface area contributed by atoms with Crippen LogP contribution in [0.25, 0.3) is 0 Å². The van der Waals surface area contributed by atoms with Crippen LogP contribution in [0.5, 0.6) is 0 Å². The molecule has 0 radical (unpaired) electrons. The van der Waals surface area contributed by atoms with Crippen molar-refractivity contribution in [2.75, 3.05) is 37.4 Å². The van der Waals surface area contributed by atoms with E-state index in [2.05, 4.69) is 20.6 Å². The Labute approximate surface area is 139 Å². The molecule has 1 aromatic heterocycles. The normalized spacial score (nSPS) is 14.7. The number of nitrogens with one attached hydrogen (secondary N) is 2. The van der Waals surface area contributed by atoms with Gasteiger partial charge in [-0.15, -0.1) is 0 Å². The fourth-order valence-corrected chi connectivity index (χ4v) is 2.99. The van der Waals surface area contributed by atoms with Gasteiger partial charge in [-0.3, -0.25) is 4.79 Å². The van der Waals surface area contributed by atoms with E-state index in [0.29, 0.717) is 19.5 Å². The zero-order valence-corrected chi connectivity index (χ0v) is 14.6. The first-order chi connectivity index (χ1) is 11.0. The minimum absolute atomic E-state index is 0.159. The van der Waals surface area contributed by atoms with Crippen molar-refractivity contribution in [2.24, 2.45) is 5.92 Å². The first kappa shape index (κ1) is 17.5. The number of aromatic nitrogens is 2. The Balaban J connectivity index is 1.65. The Kier molecular flexibility index (Phi) is 6.62. The van der Waals surface area contributed by atoms with E-state index >= 15 is 0 Å². The molecule has 0 unspecified atom stereocenters. The highest BCUT2D eigenvalue weighted by molar-refractivity contribution is 5.75. The van der Waals surface area contributed by atoms with Crippen LogP contribution in [0.1, 0.15) is 44.3 Å². The number of rotatable bonds is 8. The van der Waals surface area contributed by atoms with Crippen LogP contribution in [0.3, 0.4) is 0 Å². The van der Waals surface area contributed by atoms with Crippen LogP contribution in [0.2, 0.25) is 0 Å². The van der Waals surface area contributed by atoms with Crippen LogP contribution < -0.4 is 15.5 Å². The van der Waals surface area contributed by atoms with Gasteiger partial charge in [0.05, 0.1) is 0 Å². The highest BCUT2D eigenvalue weighted by Gasteiger charge is 2.15. The van der Waals surface area contributed by atoms with Crippen LogP contribution in [0.15, 0.2) is 6.07 Å². The molecular weight excluding hydrogens is 290 g/mol. The molecule has 0 saturated heterocycles. The van der Waals surface area contributed by atoms with Crippen LogP contribution in [-0.2, 0) is 4.79 Å². The Morgan fingerprint density at radius 3 is 2.70 bits per heavy atom. The lowest BCUT2D eigenvalue weighted by Crippen LogP contribution is -2.29.